The minimum Gasteiger partial charge on any atom is -0.462 e. The second kappa shape index (κ2) is 23.3. The van der Waals surface area contributed by atoms with Crippen LogP contribution in [0.4, 0.5) is 0 Å². The van der Waals surface area contributed by atoms with Gasteiger partial charge in [0.2, 0.25) is 5.91 Å². The molecule has 2 fully saturated rings. The number of benzene rings is 1. The molecule has 4 aliphatic rings. The van der Waals surface area contributed by atoms with Crippen LogP contribution in [0.15, 0.2) is 72.6 Å². The van der Waals surface area contributed by atoms with Gasteiger partial charge in [-0.15, -0.1) is 0 Å². The first-order valence-electron chi connectivity index (χ1n) is 21.9. The van der Waals surface area contributed by atoms with Crippen LogP contribution in [-0.4, -0.2) is 51.6 Å². The Bertz CT molecular complexity index is 1690. The molecule has 8 unspecified atom stereocenters. The molecule has 0 saturated heterocycles. The van der Waals surface area contributed by atoms with Gasteiger partial charge < -0.3 is 14.8 Å². The topological polar surface area (TPSA) is 94.6 Å². The van der Waals surface area contributed by atoms with E-state index in [1.54, 1.807) is 42.4 Å². The molecule has 2 saturated carbocycles. The average Bonchev–Trinajstić information content (AvgIpc) is 3.56. The van der Waals surface area contributed by atoms with Crippen molar-refractivity contribution in [3.63, 3.8) is 0 Å². The van der Waals surface area contributed by atoms with Gasteiger partial charge in [0, 0.05) is 42.2 Å². The molecule has 9 heteroatoms. The summed E-state index contributed by atoms with van der Waals surface area (Å²) in [6.07, 6.45) is 19.0. The number of aromatic nitrogens is 1. The van der Waals surface area contributed by atoms with Gasteiger partial charge in [0.05, 0.1) is 0 Å². The smallest absolute Gasteiger partial charge is 0.325 e. The first-order valence-corrected chi connectivity index (χ1v) is 24.2. The monoisotopic (exact) mass is 849 g/mol. The second-order valence-corrected chi connectivity index (χ2v) is 21.2. The quantitative estimate of drug-likeness (QED) is 0.121. The summed E-state index contributed by atoms with van der Waals surface area (Å²) >= 11 is 0. The maximum Gasteiger partial charge on any atom is 0.325 e. The highest BCUT2D eigenvalue weighted by atomic mass is 33.1. The molecule has 6 rings (SSSR count). The lowest BCUT2D eigenvalue weighted by Gasteiger charge is -2.57. The number of pyridine rings is 1. The molecule has 0 radical (unpaired) electrons. The third kappa shape index (κ3) is 14.3. The van der Waals surface area contributed by atoms with Crippen molar-refractivity contribution in [2.24, 2.45) is 28.6 Å². The standard InChI is InChI=1S/C40H58N2O5S2.C7H8.C2H6.CH4/c1-26(10-16-35(43)42-25-37(45)47-38(3,4)5)48-49-27(2)11-17-36(44)46-30-18-20-39(6)29(23-30)12-13-31-33-15-14-32(28-9-8-22-41-24-28)40(33,7)21-19-34(31)39;1-7-5-3-2-4-6-7;1-2;/h8-9,12,14,22,24,26-27,30-31,33-34H,10-11,13,15-21,23,25H2,1-7H3,(H,42,43);2-6H,1H3;1-2H3;1H4. The molecule has 0 spiro atoms. The van der Waals surface area contributed by atoms with Gasteiger partial charge >= 0.3 is 11.9 Å². The summed E-state index contributed by atoms with van der Waals surface area (Å²) in [7, 11) is 3.52. The predicted molar refractivity (Wildman–Crippen MR) is 250 cm³/mol. The zero-order valence-electron chi connectivity index (χ0n) is 37.1. The van der Waals surface area contributed by atoms with Crippen molar-refractivity contribution in [1.82, 2.24) is 10.3 Å². The molecule has 1 N–H and O–H groups in total. The Hall–Kier alpha value is -3.04. The fourth-order valence-electron chi connectivity index (χ4n) is 9.62. The van der Waals surface area contributed by atoms with Crippen molar-refractivity contribution in [1.29, 1.82) is 0 Å². The number of esters is 2. The normalized spacial score (nSPS) is 26.4. The lowest BCUT2D eigenvalue weighted by atomic mass is 9.47. The predicted octanol–water partition coefficient (Wildman–Crippen LogP) is 12.8. The van der Waals surface area contributed by atoms with E-state index in [9.17, 15) is 14.4 Å². The van der Waals surface area contributed by atoms with Crippen LogP contribution >= 0.6 is 21.6 Å². The molecule has 2 aromatic rings. The number of carbonyl (C=O) groups excluding carboxylic acids is 3. The van der Waals surface area contributed by atoms with Crippen molar-refractivity contribution in [2.75, 3.05) is 6.54 Å². The SMILES string of the molecule is C.CC.CC(CCC(=O)NCC(=O)OC(C)(C)C)SSC(C)CCC(=O)OC1CCC2(C)C(=CCC3C2CCC2(C)C(c4cccnc4)=CCC32)C1.Cc1ccccc1. The Kier molecular flexibility index (Phi) is 19.8. The number of rotatable bonds is 13. The van der Waals surface area contributed by atoms with Crippen molar-refractivity contribution >= 4 is 45.0 Å². The molecule has 4 aliphatic carbocycles. The lowest BCUT2D eigenvalue weighted by molar-refractivity contribution is -0.154. The van der Waals surface area contributed by atoms with Crippen LogP contribution in [0.5, 0.6) is 0 Å². The van der Waals surface area contributed by atoms with Gasteiger partial charge in [0.15, 0.2) is 0 Å². The molecule has 8 atom stereocenters. The van der Waals surface area contributed by atoms with E-state index >= 15 is 0 Å². The molecule has 1 aromatic heterocycles. The van der Waals surface area contributed by atoms with Crippen molar-refractivity contribution in [3.05, 3.63) is 83.7 Å². The number of hydrogen-bond donors (Lipinski definition) is 1. The largest absolute Gasteiger partial charge is 0.462 e. The van der Waals surface area contributed by atoms with Crippen LogP contribution in [0, 0.1) is 35.5 Å². The summed E-state index contributed by atoms with van der Waals surface area (Å²) in [6.45, 7) is 20.7. The lowest BCUT2D eigenvalue weighted by Crippen LogP contribution is -2.50. The number of hydrogen-bond acceptors (Lipinski definition) is 8. The Morgan fingerprint density at radius 1 is 0.864 bits per heavy atom. The summed E-state index contributed by atoms with van der Waals surface area (Å²) in [5.41, 5.74) is 5.54. The maximum absolute atomic E-state index is 12.9. The number of fused-ring (bicyclic) bond motifs is 5. The highest BCUT2D eigenvalue weighted by molar-refractivity contribution is 8.77. The van der Waals surface area contributed by atoms with Gasteiger partial charge in [-0.05, 0) is 125 Å². The number of ether oxygens (including phenoxy) is 2. The first-order chi connectivity index (χ1) is 27.6. The molecule has 1 aromatic carbocycles. The molecule has 59 heavy (non-hydrogen) atoms. The van der Waals surface area contributed by atoms with Gasteiger partial charge in [0.1, 0.15) is 18.2 Å². The number of amides is 1. The van der Waals surface area contributed by atoms with Crippen LogP contribution in [0.1, 0.15) is 151 Å². The van der Waals surface area contributed by atoms with Gasteiger partial charge in [-0.3, -0.25) is 19.4 Å². The minimum atomic E-state index is -0.564. The van der Waals surface area contributed by atoms with Crippen molar-refractivity contribution < 1.29 is 23.9 Å². The van der Waals surface area contributed by atoms with Gasteiger partial charge in [-0.2, -0.15) is 0 Å². The molecule has 1 amide bonds. The van der Waals surface area contributed by atoms with E-state index in [0.29, 0.717) is 42.3 Å². The van der Waals surface area contributed by atoms with Crippen molar-refractivity contribution in [2.45, 2.75) is 169 Å². The third-order valence-electron chi connectivity index (χ3n) is 12.6. The Morgan fingerprint density at radius 3 is 2.14 bits per heavy atom. The van der Waals surface area contributed by atoms with Gasteiger partial charge in [0.25, 0.3) is 0 Å². The van der Waals surface area contributed by atoms with E-state index in [0.717, 1.165) is 32.1 Å². The fourth-order valence-corrected chi connectivity index (χ4v) is 12.1. The number of carbonyl (C=O) groups is 3. The summed E-state index contributed by atoms with van der Waals surface area (Å²) in [5, 5.41) is 3.22. The molecule has 0 aliphatic heterocycles. The molecular formula is C50H76N2O5S2. The molecule has 328 valence electrons. The van der Waals surface area contributed by atoms with Crippen molar-refractivity contribution in [3.8, 4) is 0 Å². The Morgan fingerprint density at radius 2 is 1.53 bits per heavy atom. The van der Waals surface area contributed by atoms with Crippen LogP contribution < -0.4 is 5.32 Å². The second-order valence-electron chi connectivity index (χ2n) is 18.1. The highest BCUT2D eigenvalue weighted by Crippen LogP contribution is 2.66. The van der Waals surface area contributed by atoms with Crippen LogP contribution in [0.3, 0.4) is 0 Å². The average molecular weight is 849 g/mol. The molecule has 1 heterocycles. The molecule has 7 nitrogen and oxygen atoms in total. The van der Waals surface area contributed by atoms with E-state index in [2.05, 4.69) is 81.3 Å². The molecule has 0 bridgehead atoms. The van der Waals surface area contributed by atoms with E-state index in [1.807, 2.05) is 44.4 Å². The fraction of sp³-hybridized carbons (Fsp3) is 0.640. The number of aryl methyl sites for hydroxylation is 1. The number of nitrogens with one attached hydrogen (secondary N) is 1. The summed E-state index contributed by atoms with van der Waals surface area (Å²) in [5.74, 6) is 1.44. The van der Waals surface area contributed by atoms with E-state index < -0.39 is 11.6 Å². The van der Waals surface area contributed by atoms with E-state index in [-0.39, 0.29) is 48.0 Å². The van der Waals surface area contributed by atoms with E-state index in [4.69, 9.17) is 9.47 Å². The van der Waals surface area contributed by atoms with Gasteiger partial charge in [-0.25, -0.2) is 0 Å². The summed E-state index contributed by atoms with van der Waals surface area (Å²) in [6, 6.07) is 14.6. The zero-order chi connectivity index (χ0) is 42.5. The van der Waals surface area contributed by atoms with Crippen LogP contribution in [0.25, 0.3) is 5.57 Å². The van der Waals surface area contributed by atoms with Crippen LogP contribution in [-0.2, 0) is 23.9 Å². The molecular weight excluding hydrogens is 773 g/mol. The maximum atomic E-state index is 12.9. The Labute approximate surface area is 365 Å². The first kappa shape index (κ1) is 50.3. The van der Waals surface area contributed by atoms with Gasteiger partial charge in [-0.1, -0.05) is 130 Å². The summed E-state index contributed by atoms with van der Waals surface area (Å²) < 4.78 is 11.3. The Balaban J connectivity index is 0.000000831. The highest BCUT2D eigenvalue weighted by Gasteiger charge is 2.57. The number of allylic oxidation sites excluding steroid dienone is 3. The summed E-state index contributed by atoms with van der Waals surface area (Å²) in [4.78, 5) is 41.4. The minimum absolute atomic E-state index is 0. The van der Waals surface area contributed by atoms with E-state index in [1.165, 1.54) is 41.5 Å². The number of nitrogens with zero attached hydrogens (tertiary/aromatic N) is 1. The van der Waals surface area contributed by atoms with Crippen LogP contribution in [0.2, 0.25) is 0 Å². The zero-order valence-corrected chi connectivity index (χ0v) is 38.7. The third-order valence-corrected chi connectivity index (χ3v) is 16.2.